The monoisotopic (exact) mass is 403 g/mol. The number of rotatable bonds is 9. The molecule has 29 heavy (non-hydrogen) atoms. The van der Waals surface area contributed by atoms with E-state index in [1.807, 2.05) is 29.0 Å². The van der Waals surface area contributed by atoms with Crippen LogP contribution in [-0.4, -0.2) is 72.8 Å². The molecule has 1 aromatic rings. The first-order valence-electron chi connectivity index (χ1n) is 11.0. The summed E-state index contributed by atoms with van der Waals surface area (Å²) in [7, 11) is 1.89. The van der Waals surface area contributed by atoms with Gasteiger partial charge in [-0.05, 0) is 56.2 Å². The van der Waals surface area contributed by atoms with Crippen molar-refractivity contribution in [2.24, 2.45) is 5.92 Å². The first kappa shape index (κ1) is 21.8. The highest BCUT2D eigenvalue weighted by atomic mass is 19.1. The largest absolute Gasteiger partial charge is 0.345 e. The Hall–Kier alpha value is -1.95. The highest BCUT2D eigenvalue weighted by molar-refractivity contribution is 5.78. The van der Waals surface area contributed by atoms with Gasteiger partial charge in [0, 0.05) is 52.6 Å². The highest BCUT2D eigenvalue weighted by Crippen LogP contribution is 2.19. The number of carbonyl (C=O) groups is 2. The molecule has 6 heteroatoms. The second kappa shape index (κ2) is 10.7. The van der Waals surface area contributed by atoms with Crippen molar-refractivity contribution in [2.75, 3.05) is 46.3 Å². The van der Waals surface area contributed by atoms with E-state index in [1.54, 1.807) is 6.07 Å². The van der Waals surface area contributed by atoms with E-state index in [0.29, 0.717) is 25.3 Å². The van der Waals surface area contributed by atoms with Gasteiger partial charge in [-0.15, -0.1) is 0 Å². The molecule has 0 aromatic heterocycles. The average molecular weight is 404 g/mol. The minimum Gasteiger partial charge on any atom is -0.345 e. The normalized spacial score (nSPS) is 20.3. The quantitative estimate of drug-likeness (QED) is 0.637. The molecule has 2 saturated heterocycles. The molecule has 3 rings (SSSR count). The average Bonchev–Trinajstić information content (AvgIpc) is 3.12. The zero-order valence-corrected chi connectivity index (χ0v) is 17.6. The Kier molecular flexibility index (Phi) is 8.04. The molecule has 2 amide bonds. The van der Waals surface area contributed by atoms with E-state index >= 15 is 0 Å². The van der Waals surface area contributed by atoms with Crippen molar-refractivity contribution in [2.45, 2.75) is 44.9 Å². The molecule has 0 unspecified atom stereocenters. The predicted molar refractivity (Wildman–Crippen MR) is 112 cm³/mol. The SMILES string of the molecule is CN(C[C@H]1CCCN(CCc2ccccc2F)C1)C(=O)CCCN1CCCC1=O. The summed E-state index contributed by atoms with van der Waals surface area (Å²) in [5.41, 5.74) is 0.776. The maximum Gasteiger partial charge on any atom is 0.222 e. The number of likely N-dealkylation sites (tertiary alicyclic amines) is 2. The molecule has 0 radical (unpaired) electrons. The van der Waals surface area contributed by atoms with E-state index in [2.05, 4.69) is 4.90 Å². The van der Waals surface area contributed by atoms with Gasteiger partial charge in [0.1, 0.15) is 5.82 Å². The number of hydrogen-bond acceptors (Lipinski definition) is 3. The summed E-state index contributed by atoms with van der Waals surface area (Å²) in [6, 6.07) is 7.00. The molecule has 2 heterocycles. The number of hydrogen-bond donors (Lipinski definition) is 0. The number of piperidine rings is 1. The highest BCUT2D eigenvalue weighted by Gasteiger charge is 2.23. The van der Waals surface area contributed by atoms with Gasteiger partial charge < -0.3 is 14.7 Å². The first-order valence-corrected chi connectivity index (χ1v) is 11.0. The summed E-state index contributed by atoms with van der Waals surface area (Å²) in [6.45, 7) is 5.19. The Morgan fingerprint density at radius 3 is 2.79 bits per heavy atom. The maximum absolute atomic E-state index is 13.8. The van der Waals surface area contributed by atoms with Crippen LogP contribution >= 0.6 is 0 Å². The standard InChI is InChI=1S/C23H34FN3O2/c1-25(22(28)10-5-14-27-15-6-11-23(27)29)17-19-7-4-13-26(18-19)16-12-20-8-2-3-9-21(20)24/h2-3,8-9,19H,4-7,10-18H2,1H3/t19-/m1/s1. The van der Waals surface area contributed by atoms with Crippen molar-refractivity contribution in [3.8, 4) is 0 Å². The lowest BCUT2D eigenvalue weighted by atomic mass is 9.97. The minimum absolute atomic E-state index is 0.123. The van der Waals surface area contributed by atoms with Crippen molar-refractivity contribution in [1.82, 2.24) is 14.7 Å². The molecule has 0 bridgehead atoms. The number of nitrogens with zero attached hydrogens (tertiary/aromatic N) is 3. The summed E-state index contributed by atoms with van der Waals surface area (Å²) < 4.78 is 13.8. The van der Waals surface area contributed by atoms with Crippen molar-refractivity contribution < 1.29 is 14.0 Å². The van der Waals surface area contributed by atoms with Crippen LogP contribution in [0.4, 0.5) is 4.39 Å². The van der Waals surface area contributed by atoms with Gasteiger partial charge in [0.15, 0.2) is 0 Å². The number of carbonyl (C=O) groups excluding carboxylic acids is 2. The topological polar surface area (TPSA) is 43.9 Å². The predicted octanol–water partition coefficient (Wildman–Crippen LogP) is 2.94. The molecular weight excluding hydrogens is 369 g/mol. The fraction of sp³-hybridized carbons (Fsp3) is 0.652. The van der Waals surface area contributed by atoms with Crippen LogP contribution in [-0.2, 0) is 16.0 Å². The Balaban J connectivity index is 1.36. The van der Waals surface area contributed by atoms with Crippen LogP contribution < -0.4 is 0 Å². The molecule has 5 nitrogen and oxygen atoms in total. The van der Waals surface area contributed by atoms with Crippen LogP contribution in [0.1, 0.15) is 44.1 Å². The molecule has 2 aliphatic rings. The third kappa shape index (κ3) is 6.53. The van der Waals surface area contributed by atoms with E-state index in [0.717, 1.165) is 70.4 Å². The second-order valence-electron chi connectivity index (χ2n) is 8.51. The molecule has 1 atom stereocenters. The maximum atomic E-state index is 13.8. The number of amides is 2. The lowest BCUT2D eigenvalue weighted by Crippen LogP contribution is -2.42. The summed E-state index contributed by atoms with van der Waals surface area (Å²) >= 11 is 0. The van der Waals surface area contributed by atoms with E-state index in [1.165, 1.54) is 6.07 Å². The molecule has 2 aliphatic heterocycles. The van der Waals surface area contributed by atoms with Crippen LogP contribution in [0.15, 0.2) is 24.3 Å². The fourth-order valence-corrected chi connectivity index (χ4v) is 4.52. The molecule has 2 fully saturated rings. The summed E-state index contributed by atoms with van der Waals surface area (Å²) in [5.74, 6) is 0.740. The molecular formula is C23H34FN3O2. The van der Waals surface area contributed by atoms with Crippen LogP contribution in [0.3, 0.4) is 0 Å². The molecule has 0 spiro atoms. The van der Waals surface area contributed by atoms with Gasteiger partial charge in [0.25, 0.3) is 0 Å². The van der Waals surface area contributed by atoms with Gasteiger partial charge in [0.2, 0.25) is 11.8 Å². The minimum atomic E-state index is -0.123. The van der Waals surface area contributed by atoms with Gasteiger partial charge in [-0.3, -0.25) is 9.59 Å². The Bertz CT molecular complexity index is 696. The molecule has 0 aliphatic carbocycles. The summed E-state index contributed by atoms with van der Waals surface area (Å²) in [5, 5.41) is 0. The van der Waals surface area contributed by atoms with Crippen molar-refractivity contribution in [1.29, 1.82) is 0 Å². The molecule has 1 aromatic carbocycles. The van der Waals surface area contributed by atoms with Gasteiger partial charge in [-0.2, -0.15) is 0 Å². The zero-order chi connectivity index (χ0) is 20.6. The summed E-state index contributed by atoms with van der Waals surface area (Å²) in [6.07, 6.45) is 5.84. The fourth-order valence-electron chi connectivity index (χ4n) is 4.52. The third-order valence-corrected chi connectivity index (χ3v) is 6.21. The molecule has 160 valence electrons. The van der Waals surface area contributed by atoms with Gasteiger partial charge in [-0.1, -0.05) is 18.2 Å². The van der Waals surface area contributed by atoms with E-state index in [4.69, 9.17) is 0 Å². The summed E-state index contributed by atoms with van der Waals surface area (Å²) in [4.78, 5) is 30.2. The van der Waals surface area contributed by atoms with Crippen molar-refractivity contribution in [3.05, 3.63) is 35.6 Å². The van der Waals surface area contributed by atoms with Gasteiger partial charge in [0.05, 0.1) is 0 Å². The smallest absolute Gasteiger partial charge is 0.222 e. The second-order valence-corrected chi connectivity index (χ2v) is 8.51. The lowest BCUT2D eigenvalue weighted by Gasteiger charge is -2.34. The van der Waals surface area contributed by atoms with E-state index in [-0.39, 0.29) is 17.6 Å². The van der Waals surface area contributed by atoms with Crippen molar-refractivity contribution >= 4 is 11.8 Å². The van der Waals surface area contributed by atoms with Crippen molar-refractivity contribution in [3.63, 3.8) is 0 Å². The van der Waals surface area contributed by atoms with Gasteiger partial charge >= 0.3 is 0 Å². The first-order chi connectivity index (χ1) is 14.0. The van der Waals surface area contributed by atoms with Crippen LogP contribution in [0.25, 0.3) is 0 Å². The molecule has 0 N–H and O–H groups in total. The molecule has 0 saturated carbocycles. The Morgan fingerprint density at radius 2 is 2.03 bits per heavy atom. The van der Waals surface area contributed by atoms with E-state index < -0.39 is 0 Å². The lowest BCUT2D eigenvalue weighted by molar-refractivity contribution is -0.132. The van der Waals surface area contributed by atoms with Gasteiger partial charge in [-0.25, -0.2) is 4.39 Å². The van der Waals surface area contributed by atoms with Crippen LogP contribution in [0.5, 0.6) is 0 Å². The number of benzene rings is 1. The third-order valence-electron chi connectivity index (χ3n) is 6.21. The Labute approximate surface area is 173 Å². The Morgan fingerprint density at radius 1 is 1.21 bits per heavy atom. The number of halogens is 1. The van der Waals surface area contributed by atoms with Crippen LogP contribution in [0, 0.1) is 11.7 Å². The van der Waals surface area contributed by atoms with Crippen LogP contribution in [0.2, 0.25) is 0 Å². The van der Waals surface area contributed by atoms with E-state index in [9.17, 15) is 14.0 Å². The zero-order valence-electron chi connectivity index (χ0n) is 17.6.